The average Bonchev–Trinajstić information content (AvgIpc) is 2.94. The normalized spacial score (nSPS) is 11.5. The molecule has 0 radical (unpaired) electrons. The van der Waals surface area contributed by atoms with Crippen LogP contribution in [0, 0.1) is 0 Å². The Bertz CT molecular complexity index is 725. The van der Waals surface area contributed by atoms with Gasteiger partial charge in [-0.15, -0.1) is 10.2 Å². The number of halogens is 4. The van der Waals surface area contributed by atoms with Crippen molar-refractivity contribution in [1.82, 2.24) is 10.2 Å². The molecule has 1 aromatic carbocycles. The summed E-state index contributed by atoms with van der Waals surface area (Å²) in [7, 11) is 0. The Hall–Kier alpha value is -1.39. The highest BCUT2D eigenvalue weighted by Gasteiger charge is 2.31. The van der Waals surface area contributed by atoms with Gasteiger partial charge in [0.15, 0.2) is 0 Å². The zero-order valence-corrected chi connectivity index (χ0v) is 14.6. The molecular formula is C13H11ClF3N3O2S2. The molecule has 0 aliphatic heterocycles. The van der Waals surface area contributed by atoms with Gasteiger partial charge in [0.1, 0.15) is 0 Å². The highest BCUT2D eigenvalue weighted by Crippen LogP contribution is 2.33. The van der Waals surface area contributed by atoms with Crippen LogP contribution in [-0.4, -0.2) is 28.1 Å². The highest BCUT2D eigenvalue weighted by atomic mass is 35.5. The second kappa shape index (κ2) is 8.13. The van der Waals surface area contributed by atoms with Gasteiger partial charge in [-0.2, -0.15) is 24.9 Å². The average molecular weight is 398 g/mol. The molecule has 1 amide bonds. The Balaban J connectivity index is 1.96. The molecular weight excluding hydrogens is 387 g/mol. The summed E-state index contributed by atoms with van der Waals surface area (Å²) < 4.78 is 43.3. The lowest BCUT2D eigenvalue weighted by molar-refractivity contribution is -0.137. The van der Waals surface area contributed by atoms with Crippen molar-refractivity contribution in [1.29, 1.82) is 0 Å². The van der Waals surface area contributed by atoms with Gasteiger partial charge in [-0.1, -0.05) is 23.4 Å². The molecule has 1 N–H and O–H groups in total. The minimum Gasteiger partial charge on any atom is -0.415 e. The number of nitrogens with one attached hydrogen (secondary N) is 1. The number of rotatable bonds is 6. The van der Waals surface area contributed by atoms with E-state index in [2.05, 4.69) is 15.5 Å². The highest BCUT2D eigenvalue weighted by molar-refractivity contribution is 7.99. The predicted molar refractivity (Wildman–Crippen MR) is 87.3 cm³/mol. The van der Waals surface area contributed by atoms with Gasteiger partial charge in [-0.05, 0) is 24.5 Å². The van der Waals surface area contributed by atoms with E-state index in [4.69, 9.17) is 16.0 Å². The molecule has 0 aliphatic rings. The second-order valence-corrected chi connectivity index (χ2v) is 6.62. The van der Waals surface area contributed by atoms with E-state index in [0.717, 1.165) is 30.0 Å². The topological polar surface area (TPSA) is 68.0 Å². The first kappa shape index (κ1) is 18.9. The summed E-state index contributed by atoms with van der Waals surface area (Å²) in [5, 5.41) is 10.1. The van der Waals surface area contributed by atoms with E-state index in [9.17, 15) is 18.0 Å². The van der Waals surface area contributed by atoms with Crippen LogP contribution in [0.15, 0.2) is 27.8 Å². The number of amides is 1. The number of hydrogen-bond donors (Lipinski definition) is 1. The van der Waals surface area contributed by atoms with Crippen molar-refractivity contribution in [3.05, 3.63) is 34.7 Å². The fourth-order valence-electron chi connectivity index (χ4n) is 1.59. The van der Waals surface area contributed by atoms with E-state index in [1.165, 1.54) is 11.8 Å². The van der Waals surface area contributed by atoms with Gasteiger partial charge < -0.3 is 9.73 Å². The van der Waals surface area contributed by atoms with Crippen molar-refractivity contribution in [2.24, 2.45) is 0 Å². The molecule has 24 heavy (non-hydrogen) atoms. The molecule has 5 nitrogen and oxygen atoms in total. The smallest absolute Gasteiger partial charge is 0.415 e. The molecule has 130 valence electrons. The number of anilines is 1. The number of thioether (sulfide) groups is 2. The van der Waals surface area contributed by atoms with Gasteiger partial charge in [-0.25, -0.2) is 0 Å². The molecule has 0 bridgehead atoms. The second-order valence-electron chi connectivity index (χ2n) is 4.42. The van der Waals surface area contributed by atoms with Crippen LogP contribution in [-0.2, 0) is 16.7 Å². The third-order valence-corrected chi connectivity index (χ3v) is 4.29. The molecule has 0 atom stereocenters. The van der Waals surface area contributed by atoms with Crippen molar-refractivity contribution < 1.29 is 22.4 Å². The number of nitrogens with zero attached hydrogens (tertiary/aromatic N) is 2. The summed E-state index contributed by atoms with van der Waals surface area (Å²) in [6.07, 6.45) is -2.64. The molecule has 0 saturated heterocycles. The number of carbonyl (C=O) groups is 1. The fourth-order valence-corrected chi connectivity index (χ4v) is 2.70. The number of aromatic nitrogens is 2. The van der Waals surface area contributed by atoms with Crippen LogP contribution < -0.4 is 5.32 Å². The summed E-state index contributed by atoms with van der Waals surface area (Å²) in [6.45, 7) is 0. The van der Waals surface area contributed by atoms with Gasteiger partial charge in [-0.3, -0.25) is 4.79 Å². The molecule has 11 heteroatoms. The van der Waals surface area contributed by atoms with E-state index >= 15 is 0 Å². The summed E-state index contributed by atoms with van der Waals surface area (Å²) in [4.78, 5) is 11.9. The first-order chi connectivity index (χ1) is 11.3. The van der Waals surface area contributed by atoms with E-state index in [1.807, 2.05) is 6.26 Å². The number of benzene rings is 1. The zero-order chi connectivity index (χ0) is 17.7. The minimum absolute atomic E-state index is 0.0152. The summed E-state index contributed by atoms with van der Waals surface area (Å²) in [5.74, 6) is 0.352. The molecule has 1 heterocycles. The van der Waals surface area contributed by atoms with E-state index in [1.54, 1.807) is 0 Å². The number of alkyl halides is 3. The molecule has 1 aromatic heterocycles. The number of hydrogen-bond acceptors (Lipinski definition) is 6. The van der Waals surface area contributed by atoms with Crippen molar-refractivity contribution in [3.8, 4) is 0 Å². The lowest BCUT2D eigenvalue weighted by atomic mass is 10.2. The largest absolute Gasteiger partial charge is 0.416 e. The Kier molecular flexibility index (Phi) is 6.41. The van der Waals surface area contributed by atoms with Gasteiger partial charge in [0.05, 0.1) is 27.8 Å². The predicted octanol–water partition coefficient (Wildman–Crippen LogP) is 4.34. The van der Waals surface area contributed by atoms with Gasteiger partial charge >= 0.3 is 6.18 Å². The van der Waals surface area contributed by atoms with Crippen LogP contribution in [0.25, 0.3) is 0 Å². The van der Waals surface area contributed by atoms with Gasteiger partial charge in [0.25, 0.3) is 5.22 Å². The molecule has 0 saturated carbocycles. The quantitative estimate of drug-likeness (QED) is 0.731. The van der Waals surface area contributed by atoms with Crippen molar-refractivity contribution in [2.75, 3.05) is 17.3 Å². The summed E-state index contributed by atoms with van der Waals surface area (Å²) in [5.41, 5.74) is -1.00. The molecule has 0 aliphatic carbocycles. The van der Waals surface area contributed by atoms with E-state index in [0.29, 0.717) is 11.6 Å². The SMILES string of the molecule is CSCc1nnc(SCC(=O)Nc2cc(C(F)(F)F)ccc2Cl)o1. The van der Waals surface area contributed by atoms with Crippen LogP contribution in [0.4, 0.5) is 18.9 Å². The molecule has 0 spiro atoms. The number of carbonyl (C=O) groups excluding carboxylic acids is 1. The Labute approximate surface area is 148 Å². The third kappa shape index (κ3) is 5.32. The van der Waals surface area contributed by atoms with Crippen LogP contribution in [0.3, 0.4) is 0 Å². The monoisotopic (exact) mass is 397 g/mol. The maximum Gasteiger partial charge on any atom is 0.416 e. The summed E-state index contributed by atoms with van der Waals surface area (Å²) in [6, 6.07) is 2.71. The zero-order valence-electron chi connectivity index (χ0n) is 12.2. The van der Waals surface area contributed by atoms with Crippen LogP contribution in [0.5, 0.6) is 0 Å². The lowest BCUT2D eigenvalue weighted by Gasteiger charge is -2.11. The maximum atomic E-state index is 12.7. The fraction of sp³-hybridized carbons (Fsp3) is 0.308. The van der Waals surface area contributed by atoms with Gasteiger partial charge in [0, 0.05) is 0 Å². The van der Waals surface area contributed by atoms with Gasteiger partial charge in [0.2, 0.25) is 11.8 Å². The molecule has 2 rings (SSSR count). The summed E-state index contributed by atoms with van der Waals surface area (Å²) >= 11 is 8.30. The first-order valence-corrected chi connectivity index (χ1v) is 9.16. The van der Waals surface area contributed by atoms with Crippen LogP contribution >= 0.6 is 35.1 Å². The minimum atomic E-state index is -4.52. The Morgan fingerprint density at radius 3 is 2.79 bits per heavy atom. The standard InChI is InChI=1S/C13H11ClF3N3O2S2/c1-23-6-11-19-20-12(22-11)24-5-10(21)18-9-4-7(13(15,16)17)2-3-8(9)14/h2-4H,5-6H2,1H3,(H,18,21). The Morgan fingerprint density at radius 2 is 2.12 bits per heavy atom. The molecule has 0 unspecified atom stereocenters. The molecule has 2 aromatic rings. The Morgan fingerprint density at radius 1 is 1.38 bits per heavy atom. The van der Waals surface area contributed by atoms with E-state index < -0.39 is 17.6 Å². The van der Waals surface area contributed by atoms with Crippen molar-refractivity contribution >= 4 is 46.7 Å². The molecule has 0 fully saturated rings. The van der Waals surface area contributed by atoms with Crippen LogP contribution in [0.1, 0.15) is 11.5 Å². The van der Waals surface area contributed by atoms with Crippen LogP contribution in [0.2, 0.25) is 5.02 Å². The van der Waals surface area contributed by atoms with Crippen molar-refractivity contribution in [3.63, 3.8) is 0 Å². The van der Waals surface area contributed by atoms with Crippen molar-refractivity contribution in [2.45, 2.75) is 17.2 Å². The lowest BCUT2D eigenvalue weighted by Crippen LogP contribution is -2.15. The first-order valence-electron chi connectivity index (χ1n) is 6.40. The maximum absolute atomic E-state index is 12.7. The third-order valence-electron chi connectivity index (χ3n) is 2.61. The van der Waals surface area contributed by atoms with E-state index in [-0.39, 0.29) is 21.7 Å².